The highest BCUT2D eigenvalue weighted by atomic mass is 16.6. The molecular weight excluding hydrogens is 805 g/mol. The fourth-order valence-electron chi connectivity index (χ4n) is 6.99. The molecule has 0 rings (SSSR count). The van der Waals surface area contributed by atoms with E-state index in [0.29, 0.717) is 38.8 Å². The van der Waals surface area contributed by atoms with Crippen molar-refractivity contribution in [1.82, 2.24) is 10.2 Å². The number of hydrogen-bond acceptors (Lipinski definition) is 9. The van der Waals surface area contributed by atoms with Crippen molar-refractivity contribution in [1.29, 1.82) is 0 Å². The van der Waals surface area contributed by atoms with Crippen LogP contribution >= 0.6 is 0 Å². The van der Waals surface area contributed by atoms with Crippen LogP contribution in [0.5, 0.6) is 0 Å². The smallest absolute Gasteiger partial charge is 0.407 e. The van der Waals surface area contributed by atoms with E-state index < -0.39 is 30.6 Å². The van der Waals surface area contributed by atoms with E-state index >= 15 is 0 Å². The second-order valence-corrected chi connectivity index (χ2v) is 17.5. The third kappa shape index (κ3) is 44.3. The molecule has 0 heterocycles. The summed E-state index contributed by atoms with van der Waals surface area (Å²) in [6, 6.07) is 0. The lowest BCUT2D eigenvalue weighted by atomic mass is 10.1. The highest BCUT2D eigenvalue weighted by Gasteiger charge is 2.22. The molecule has 10 nitrogen and oxygen atoms in total. The van der Waals surface area contributed by atoms with Crippen LogP contribution in [-0.4, -0.2) is 86.4 Å². The zero-order valence-corrected chi connectivity index (χ0v) is 41.9. The van der Waals surface area contributed by atoms with E-state index in [0.717, 1.165) is 116 Å². The molecule has 10 heteroatoms. The molecule has 0 bridgehead atoms. The Morgan fingerprint density at radius 1 is 0.531 bits per heavy atom. The third-order valence-electron chi connectivity index (χ3n) is 11.3. The maximum Gasteiger partial charge on any atom is 0.407 e. The molecule has 3 atom stereocenters. The van der Waals surface area contributed by atoms with E-state index in [1.54, 1.807) is 0 Å². The normalized spacial score (nSPS) is 13.4. The van der Waals surface area contributed by atoms with Crippen molar-refractivity contribution < 1.29 is 38.4 Å². The summed E-state index contributed by atoms with van der Waals surface area (Å²) in [4.78, 5) is 40.5. The summed E-state index contributed by atoms with van der Waals surface area (Å²) in [7, 11) is 1.99. The Kier molecular flexibility index (Phi) is 45.8. The van der Waals surface area contributed by atoms with Gasteiger partial charge in [0.05, 0.1) is 6.61 Å². The van der Waals surface area contributed by atoms with Gasteiger partial charge in [-0.1, -0.05) is 153 Å². The summed E-state index contributed by atoms with van der Waals surface area (Å²) in [5.74, 6) is -0.825. The summed E-state index contributed by atoms with van der Waals surface area (Å²) in [6.07, 6.45) is 44.6. The van der Waals surface area contributed by atoms with Gasteiger partial charge in [-0.15, -0.1) is 0 Å². The van der Waals surface area contributed by atoms with Crippen molar-refractivity contribution in [2.75, 3.05) is 39.9 Å². The van der Waals surface area contributed by atoms with Crippen LogP contribution in [0.1, 0.15) is 220 Å². The van der Waals surface area contributed by atoms with Gasteiger partial charge in [-0.3, -0.25) is 9.59 Å². The topological polar surface area (TPSA) is 124 Å². The first kappa shape index (κ1) is 61.0. The number of hydrogen-bond donors (Lipinski definition) is 2. The first-order valence-electron chi connectivity index (χ1n) is 26.1. The Morgan fingerprint density at radius 2 is 1.03 bits per heavy atom. The minimum Gasteiger partial charge on any atom is -0.462 e. The summed E-state index contributed by atoms with van der Waals surface area (Å²) in [5, 5.41) is 13.4. The second-order valence-electron chi connectivity index (χ2n) is 17.5. The predicted octanol–water partition coefficient (Wildman–Crippen LogP) is 13.8. The Balaban J connectivity index is 4.85. The number of nitrogens with one attached hydrogen (secondary N) is 1. The Morgan fingerprint density at radius 3 is 1.59 bits per heavy atom. The van der Waals surface area contributed by atoms with Gasteiger partial charge < -0.3 is 34.3 Å². The van der Waals surface area contributed by atoms with E-state index in [-0.39, 0.29) is 25.6 Å². The lowest BCUT2D eigenvalue weighted by Gasteiger charge is -2.22. The van der Waals surface area contributed by atoms with Gasteiger partial charge in [0.1, 0.15) is 12.7 Å². The third-order valence-corrected chi connectivity index (χ3v) is 11.3. The molecule has 0 aromatic rings. The number of nitrogens with zero attached hydrogens (tertiary/aromatic N) is 1. The van der Waals surface area contributed by atoms with Crippen LogP contribution in [0.2, 0.25) is 0 Å². The molecule has 372 valence electrons. The molecule has 3 unspecified atom stereocenters. The number of alkyl carbamates (subject to hydrolysis) is 1. The van der Waals surface area contributed by atoms with E-state index in [9.17, 15) is 19.5 Å². The fourth-order valence-corrected chi connectivity index (χ4v) is 6.99. The molecule has 0 aliphatic carbocycles. The van der Waals surface area contributed by atoms with Crippen LogP contribution in [0.3, 0.4) is 0 Å². The lowest BCUT2D eigenvalue weighted by Crippen LogP contribution is -2.35. The molecule has 0 spiro atoms. The number of rotatable bonds is 46. The largest absolute Gasteiger partial charge is 0.462 e. The van der Waals surface area contributed by atoms with Crippen molar-refractivity contribution in [2.45, 2.75) is 239 Å². The van der Waals surface area contributed by atoms with Gasteiger partial charge in [-0.05, 0) is 116 Å². The summed E-state index contributed by atoms with van der Waals surface area (Å²) in [6.45, 7) is 10.5. The van der Waals surface area contributed by atoms with Crippen LogP contribution in [0, 0.1) is 0 Å². The van der Waals surface area contributed by atoms with Crippen LogP contribution in [0.25, 0.3) is 0 Å². The predicted molar refractivity (Wildman–Crippen MR) is 266 cm³/mol. The van der Waals surface area contributed by atoms with Gasteiger partial charge >= 0.3 is 18.0 Å². The van der Waals surface area contributed by atoms with Gasteiger partial charge in [0, 0.05) is 25.9 Å². The van der Waals surface area contributed by atoms with E-state index in [4.69, 9.17) is 18.9 Å². The molecule has 0 aliphatic rings. The Labute approximate surface area is 392 Å². The molecule has 0 saturated carbocycles. The molecule has 0 aromatic carbocycles. The molecule has 0 aliphatic heterocycles. The molecular formula is C54H98N2O8. The minimum atomic E-state index is -1.01. The van der Waals surface area contributed by atoms with Gasteiger partial charge in [-0.25, -0.2) is 4.79 Å². The standard InChI is InChI=1S/C54H98N2O8/c1-6-10-13-15-17-19-21-23-25-27-29-31-33-35-38-41-51(57)61-47-50(48-62-52(58)42-39-36-34-32-30-28-26-24-22-20-18-16-14-11-7-2)63-53(59)44-43-49(40-37-12-8-3)64-54(60)55-45-46-56(5)9-4/h17-20,23-26,49-51,57H,6-16,21-22,27-48H2,1-5H3,(H,55,60)/b19-17-,20-18-,25-23-,26-24-. The number of carbonyl (C=O) groups excluding carboxylic acids is 3. The number of unbranched alkanes of at least 4 members (excludes halogenated alkanes) is 18. The first-order valence-corrected chi connectivity index (χ1v) is 26.1. The summed E-state index contributed by atoms with van der Waals surface area (Å²) >= 11 is 0. The van der Waals surface area contributed by atoms with Crippen LogP contribution < -0.4 is 5.32 Å². The number of ether oxygens (including phenoxy) is 4. The quantitative estimate of drug-likeness (QED) is 0.0202. The van der Waals surface area contributed by atoms with Crippen LogP contribution in [0.15, 0.2) is 48.6 Å². The number of allylic oxidation sites excluding steroid dienone is 8. The van der Waals surface area contributed by atoms with Crippen molar-refractivity contribution in [3.05, 3.63) is 48.6 Å². The van der Waals surface area contributed by atoms with Crippen LogP contribution in [-0.2, 0) is 28.5 Å². The highest BCUT2D eigenvalue weighted by Crippen LogP contribution is 2.16. The minimum absolute atomic E-state index is 0.0353. The Hall–Kier alpha value is -2.95. The molecule has 64 heavy (non-hydrogen) atoms. The van der Waals surface area contributed by atoms with Crippen molar-refractivity contribution in [2.24, 2.45) is 0 Å². The molecule has 2 N–H and O–H groups in total. The molecule has 0 radical (unpaired) electrons. The van der Waals surface area contributed by atoms with Gasteiger partial charge in [0.2, 0.25) is 0 Å². The SMILES string of the molecule is CCCCC/C=C\C/C=C\CCCCCCCC(=O)OCC(COC(O)CCCCCCC/C=C\C/C=C\CCCCC)OC(=O)CCC(CCCCC)OC(=O)NCCN(C)CC. The number of likely N-dealkylation sites (N-methyl/N-ethyl adjacent to an activating group) is 1. The van der Waals surface area contributed by atoms with E-state index in [2.05, 4.69) is 86.5 Å². The average Bonchev–Trinajstić information content (AvgIpc) is 3.28. The summed E-state index contributed by atoms with van der Waals surface area (Å²) in [5.41, 5.74) is 0. The lowest BCUT2D eigenvalue weighted by molar-refractivity contribution is -0.173. The number of carbonyl (C=O) groups is 3. The van der Waals surface area contributed by atoms with Gasteiger partial charge in [0.25, 0.3) is 0 Å². The number of aliphatic hydroxyl groups excluding tert-OH is 1. The zero-order valence-electron chi connectivity index (χ0n) is 41.9. The van der Waals surface area contributed by atoms with Crippen molar-refractivity contribution in [3.63, 3.8) is 0 Å². The van der Waals surface area contributed by atoms with Crippen molar-refractivity contribution >= 4 is 18.0 Å². The van der Waals surface area contributed by atoms with E-state index in [1.165, 1.54) is 51.4 Å². The zero-order chi connectivity index (χ0) is 47.0. The summed E-state index contributed by atoms with van der Waals surface area (Å²) < 4.78 is 22.8. The fraction of sp³-hybridized carbons (Fsp3) is 0.796. The molecule has 0 aromatic heterocycles. The van der Waals surface area contributed by atoms with Crippen molar-refractivity contribution in [3.8, 4) is 0 Å². The number of aliphatic hydroxyl groups is 1. The molecule has 0 fully saturated rings. The van der Waals surface area contributed by atoms with Gasteiger partial charge in [-0.2, -0.15) is 0 Å². The highest BCUT2D eigenvalue weighted by molar-refractivity contribution is 5.70. The monoisotopic (exact) mass is 903 g/mol. The maximum atomic E-state index is 13.1. The van der Waals surface area contributed by atoms with Crippen LogP contribution in [0.4, 0.5) is 4.79 Å². The maximum absolute atomic E-state index is 13.1. The molecule has 0 saturated heterocycles. The average molecular weight is 903 g/mol. The van der Waals surface area contributed by atoms with E-state index in [1.807, 2.05) is 7.05 Å². The number of esters is 2. The molecule has 1 amide bonds. The van der Waals surface area contributed by atoms with Gasteiger partial charge in [0.15, 0.2) is 12.4 Å². The number of amides is 1. The Bertz CT molecular complexity index is 1190. The second kappa shape index (κ2) is 48.0. The first-order chi connectivity index (χ1) is 31.2.